The monoisotopic (exact) mass is 370 g/mol. The molecular weight excluding hydrogens is 336 g/mol. The van der Waals surface area contributed by atoms with Gasteiger partial charge in [0.05, 0.1) is 12.6 Å². The van der Waals surface area contributed by atoms with Gasteiger partial charge < -0.3 is 20.0 Å². The van der Waals surface area contributed by atoms with Crippen molar-refractivity contribution < 1.29 is 0 Å². The fourth-order valence-electron chi connectivity index (χ4n) is 4.73. The molecule has 6 heteroatoms. The van der Waals surface area contributed by atoms with E-state index in [1.54, 1.807) is 0 Å². The number of nitrogens with one attached hydrogen (secondary N) is 1. The summed E-state index contributed by atoms with van der Waals surface area (Å²) in [6.07, 6.45) is 10.2. The smallest absolute Gasteiger partial charge is 0.300 e. The molecule has 0 radical (unpaired) electrons. The van der Waals surface area contributed by atoms with Crippen LogP contribution in [0.2, 0.25) is 0 Å². The van der Waals surface area contributed by atoms with Gasteiger partial charge >= 0.3 is 0 Å². The van der Waals surface area contributed by atoms with Crippen molar-refractivity contribution in [1.29, 1.82) is 5.26 Å². The molecule has 27 heavy (non-hydrogen) atoms. The second-order valence-corrected chi connectivity index (χ2v) is 8.06. The highest BCUT2D eigenvalue weighted by molar-refractivity contribution is 5.32. The molecule has 0 spiro atoms. The summed E-state index contributed by atoms with van der Waals surface area (Å²) in [5.41, 5.74) is 0.213. The Morgan fingerprint density at radius 1 is 0.963 bits per heavy atom. The minimum atomic E-state index is 0.213. The van der Waals surface area contributed by atoms with Gasteiger partial charge in [-0.2, -0.15) is 0 Å². The first-order valence-corrected chi connectivity index (χ1v) is 10.8. The van der Waals surface area contributed by atoms with Crippen LogP contribution in [0.25, 0.3) is 4.85 Å². The molecule has 0 unspecified atom stereocenters. The van der Waals surface area contributed by atoms with Crippen LogP contribution in [0.4, 0.5) is 0 Å². The number of hydrogen-bond donors (Lipinski definition) is 1. The van der Waals surface area contributed by atoms with Crippen molar-refractivity contribution >= 4 is 0 Å². The number of nitriles is 1. The van der Waals surface area contributed by atoms with Gasteiger partial charge in [0, 0.05) is 32.2 Å². The summed E-state index contributed by atoms with van der Waals surface area (Å²) in [5.74, 6) is 0.765. The summed E-state index contributed by atoms with van der Waals surface area (Å²) in [4.78, 5) is 10.9. The van der Waals surface area contributed by atoms with E-state index in [2.05, 4.69) is 30.9 Å². The maximum Gasteiger partial charge on any atom is 0.300 e. The van der Waals surface area contributed by atoms with Gasteiger partial charge in [0.15, 0.2) is 0 Å². The zero-order valence-electron chi connectivity index (χ0n) is 16.6. The molecule has 3 fully saturated rings. The largest absolute Gasteiger partial charge is 0.379 e. The highest BCUT2D eigenvalue weighted by Crippen LogP contribution is 2.23. The number of rotatable bonds is 6. The van der Waals surface area contributed by atoms with Crippen LogP contribution in [0, 0.1) is 17.9 Å². The molecule has 1 N–H and O–H groups in total. The van der Waals surface area contributed by atoms with E-state index >= 15 is 0 Å². The first-order chi connectivity index (χ1) is 13.3. The van der Waals surface area contributed by atoms with Gasteiger partial charge in [0.2, 0.25) is 0 Å². The molecule has 148 valence electrons. The molecule has 0 amide bonds. The third kappa shape index (κ3) is 5.61. The number of allylic oxidation sites excluding steroid dienone is 1. The minimum absolute atomic E-state index is 0.213. The van der Waals surface area contributed by atoms with E-state index in [9.17, 15) is 5.26 Å². The molecule has 0 aliphatic carbocycles. The van der Waals surface area contributed by atoms with Crippen LogP contribution in [-0.2, 0) is 0 Å². The average molecular weight is 371 g/mol. The first kappa shape index (κ1) is 20.0. The van der Waals surface area contributed by atoms with E-state index in [4.69, 9.17) is 6.57 Å². The lowest BCUT2D eigenvalue weighted by atomic mass is 10.00. The predicted molar refractivity (Wildman–Crippen MR) is 108 cm³/mol. The van der Waals surface area contributed by atoms with Gasteiger partial charge in [-0.1, -0.05) is 12.8 Å². The van der Waals surface area contributed by atoms with E-state index in [1.807, 2.05) is 0 Å². The molecule has 0 aromatic heterocycles. The summed E-state index contributed by atoms with van der Waals surface area (Å²) in [6, 6.07) is 2.79. The van der Waals surface area contributed by atoms with E-state index < -0.39 is 0 Å². The Bertz CT molecular complexity index is 550. The van der Waals surface area contributed by atoms with Crippen molar-refractivity contribution in [3.8, 4) is 6.07 Å². The first-order valence-electron chi connectivity index (χ1n) is 10.8. The number of piperidine rings is 3. The molecule has 3 saturated heterocycles. The number of hydrogen-bond acceptors (Lipinski definition) is 5. The standard InChI is InChI=1S/C21H34N6/c1-23-20(18-22)21(24-10-17-25-11-4-2-5-12-25)27-15-8-19(9-16-27)26-13-6-3-7-14-26/h19,24H,2-17H2/b21-20+. The summed E-state index contributed by atoms with van der Waals surface area (Å²) in [7, 11) is 0. The summed E-state index contributed by atoms with van der Waals surface area (Å²) < 4.78 is 0. The Morgan fingerprint density at radius 3 is 2.19 bits per heavy atom. The SMILES string of the molecule is [C-]#[N+]/C(C#N)=C(\NCCN1CCCCC1)N1CCC(N2CCCCC2)CC1. The van der Waals surface area contributed by atoms with Crippen LogP contribution >= 0.6 is 0 Å². The Morgan fingerprint density at radius 2 is 1.59 bits per heavy atom. The topological polar surface area (TPSA) is 49.9 Å². The molecule has 3 aliphatic heterocycles. The fourth-order valence-corrected chi connectivity index (χ4v) is 4.73. The summed E-state index contributed by atoms with van der Waals surface area (Å²) >= 11 is 0. The van der Waals surface area contributed by atoms with E-state index in [0.29, 0.717) is 6.04 Å². The molecule has 3 rings (SSSR count). The van der Waals surface area contributed by atoms with Gasteiger partial charge in [-0.15, -0.1) is 0 Å². The molecule has 0 aromatic rings. The van der Waals surface area contributed by atoms with Gasteiger partial charge in [0.25, 0.3) is 5.70 Å². The zero-order valence-corrected chi connectivity index (χ0v) is 16.6. The van der Waals surface area contributed by atoms with Crippen LogP contribution in [0.5, 0.6) is 0 Å². The predicted octanol–water partition coefficient (Wildman–Crippen LogP) is 2.62. The summed E-state index contributed by atoms with van der Waals surface area (Å²) in [5, 5.41) is 12.9. The highest BCUT2D eigenvalue weighted by atomic mass is 15.3. The third-order valence-electron chi connectivity index (χ3n) is 6.30. The maximum absolute atomic E-state index is 9.42. The van der Waals surface area contributed by atoms with Crippen molar-refractivity contribution in [1.82, 2.24) is 20.0 Å². The Hall–Kier alpha value is -1.76. The molecular formula is C21H34N6. The van der Waals surface area contributed by atoms with Crippen LogP contribution in [0.3, 0.4) is 0 Å². The van der Waals surface area contributed by atoms with E-state index in [0.717, 1.165) is 44.8 Å². The lowest BCUT2D eigenvalue weighted by molar-refractivity contribution is 0.102. The zero-order chi connectivity index (χ0) is 18.9. The molecule has 0 saturated carbocycles. The van der Waals surface area contributed by atoms with Crippen LogP contribution in [0.15, 0.2) is 11.5 Å². The van der Waals surface area contributed by atoms with Crippen molar-refractivity contribution in [3.05, 3.63) is 22.9 Å². The van der Waals surface area contributed by atoms with Crippen molar-refractivity contribution in [2.75, 3.05) is 52.4 Å². The third-order valence-corrected chi connectivity index (χ3v) is 6.30. The normalized spacial score (nSPS) is 24.0. The lowest BCUT2D eigenvalue weighted by Gasteiger charge is -2.42. The maximum atomic E-state index is 9.42. The van der Waals surface area contributed by atoms with Crippen LogP contribution in [-0.4, -0.2) is 73.1 Å². The minimum Gasteiger partial charge on any atom is -0.379 e. The lowest BCUT2D eigenvalue weighted by Crippen LogP contribution is -2.48. The molecule has 0 aromatic carbocycles. The molecule has 0 atom stereocenters. The molecule has 0 bridgehead atoms. The quantitative estimate of drug-likeness (QED) is 0.575. The number of nitrogens with zero attached hydrogens (tertiary/aromatic N) is 5. The molecule has 3 aliphatic rings. The van der Waals surface area contributed by atoms with Crippen molar-refractivity contribution in [3.63, 3.8) is 0 Å². The Balaban J connectivity index is 1.53. The Labute approximate surface area is 164 Å². The average Bonchev–Trinajstić information content (AvgIpc) is 2.75. The van der Waals surface area contributed by atoms with Gasteiger partial charge in [-0.3, -0.25) is 0 Å². The molecule has 3 heterocycles. The van der Waals surface area contributed by atoms with Gasteiger partial charge in [0.1, 0.15) is 5.82 Å². The number of likely N-dealkylation sites (tertiary alicyclic amines) is 3. The van der Waals surface area contributed by atoms with E-state index in [1.165, 1.54) is 64.7 Å². The second-order valence-electron chi connectivity index (χ2n) is 8.06. The van der Waals surface area contributed by atoms with Gasteiger partial charge in [-0.25, -0.2) is 10.1 Å². The van der Waals surface area contributed by atoms with Crippen LogP contribution in [0.1, 0.15) is 51.4 Å². The fraction of sp³-hybridized carbons (Fsp3) is 0.810. The molecule has 6 nitrogen and oxygen atoms in total. The van der Waals surface area contributed by atoms with E-state index in [-0.39, 0.29) is 5.70 Å². The Kier molecular flexibility index (Phi) is 7.80. The van der Waals surface area contributed by atoms with Gasteiger partial charge in [-0.05, 0) is 64.7 Å². The van der Waals surface area contributed by atoms with Crippen LogP contribution < -0.4 is 5.32 Å². The highest BCUT2D eigenvalue weighted by Gasteiger charge is 2.27. The van der Waals surface area contributed by atoms with Crippen molar-refractivity contribution in [2.24, 2.45) is 0 Å². The summed E-state index contributed by atoms with van der Waals surface area (Å²) in [6.45, 7) is 15.9. The second kappa shape index (κ2) is 10.5. The van der Waals surface area contributed by atoms with Crippen molar-refractivity contribution in [2.45, 2.75) is 57.4 Å².